The van der Waals surface area contributed by atoms with Gasteiger partial charge in [0.1, 0.15) is 5.84 Å². The molecule has 37 heavy (non-hydrogen) atoms. The van der Waals surface area contributed by atoms with E-state index in [1.165, 1.54) is 17.0 Å². The lowest BCUT2D eigenvalue weighted by Gasteiger charge is -2.15. The average molecular weight is 527 g/mol. The number of carboxylic acid groups (broad SMARTS) is 1. The van der Waals surface area contributed by atoms with Crippen LogP contribution in [0.15, 0.2) is 66.7 Å². The van der Waals surface area contributed by atoms with Gasteiger partial charge in [-0.05, 0) is 53.6 Å². The SMILES string of the molecule is CN(C)C(=O)c1ccc(-c2ccccc2C(=O)Nc2ccc(C(=N)N)cc2)c(C(=O)O)c1.CS(=O)(=O)O. The molecular formula is C25H26N4O7S. The van der Waals surface area contributed by atoms with Crippen molar-refractivity contribution in [3.05, 3.63) is 89.0 Å². The van der Waals surface area contributed by atoms with E-state index < -0.39 is 22.0 Å². The molecule has 194 valence electrons. The number of benzene rings is 3. The van der Waals surface area contributed by atoms with Crippen LogP contribution < -0.4 is 11.1 Å². The average Bonchev–Trinajstić information content (AvgIpc) is 2.82. The smallest absolute Gasteiger partial charge is 0.336 e. The number of carbonyl (C=O) groups is 3. The lowest BCUT2D eigenvalue weighted by molar-refractivity contribution is 0.0697. The summed E-state index contributed by atoms with van der Waals surface area (Å²) in [7, 11) is -0.501. The molecule has 2 amide bonds. The van der Waals surface area contributed by atoms with Crippen molar-refractivity contribution < 1.29 is 32.5 Å². The number of rotatable bonds is 6. The molecule has 0 fully saturated rings. The van der Waals surface area contributed by atoms with Gasteiger partial charge in [0.05, 0.1) is 11.8 Å². The Morgan fingerprint density at radius 1 is 0.892 bits per heavy atom. The highest BCUT2D eigenvalue weighted by Gasteiger charge is 2.20. The van der Waals surface area contributed by atoms with E-state index in [9.17, 15) is 27.9 Å². The standard InChI is InChI=1S/C24H22N4O4.CH4O3S/c1-28(2)23(30)15-9-12-18(20(13-15)24(31)32)17-5-3-4-6-19(17)22(29)27-16-10-7-14(8-11-16)21(25)26;1-5(2,3)4/h3-13H,1-2H3,(H3,25,26)(H,27,29)(H,31,32);1H3,(H,2,3,4). The largest absolute Gasteiger partial charge is 0.478 e. The van der Waals surface area contributed by atoms with Crippen molar-refractivity contribution in [1.82, 2.24) is 4.90 Å². The summed E-state index contributed by atoms with van der Waals surface area (Å²) in [6.45, 7) is 0. The molecule has 0 atom stereocenters. The number of carboxylic acids is 1. The molecule has 11 nitrogen and oxygen atoms in total. The summed E-state index contributed by atoms with van der Waals surface area (Å²) in [5.41, 5.74) is 7.66. The zero-order chi connectivity index (χ0) is 27.9. The van der Waals surface area contributed by atoms with E-state index in [0.717, 1.165) is 0 Å². The first-order chi connectivity index (χ1) is 17.2. The summed E-state index contributed by atoms with van der Waals surface area (Å²) in [4.78, 5) is 38.6. The fourth-order valence-corrected chi connectivity index (χ4v) is 3.19. The maximum absolute atomic E-state index is 13.0. The topological polar surface area (TPSA) is 191 Å². The highest BCUT2D eigenvalue weighted by atomic mass is 32.2. The van der Waals surface area contributed by atoms with Crippen molar-refractivity contribution in [3.8, 4) is 11.1 Å². The van der Waals surface area contributed by atoms with E-state index >= 15 is 0 Å². The van der Waals surface area contributed by atoms with Gasteiger partial charge >= 0.3 is 5.97 Å². The number of carbonyl (C=O) groups excluding carboxylic acids is 2. The molecule has 3 aromatic rings. The molecule has 0 radical (unpaired) electrons. The second-order valence-corrected chi connectivity index (χ2v) is 9.45. The first-order valence-corrected chi connectivity index (χ1v) is 12.4. The lowest BCUT2D eigenvalue weighted by Crippen LogP contribution is -2.22. The third kappa shape index (κ3) is 8.26. The van der Waals surface area contributed by atoms with Gasteiger partial charge in [-0.3, -0.25) is 19.6 Å². The minimum absolute atomic E-state index is 0.0781. The van der Waals surface area contributed by atoms with Gasteiger partial charge in [-0.25, -0.2) is 4.79 Å². The number of hydrogen-bond donors (Lipinski definition) is 5. The first kappa shape index (κ1) is 28.7. The molecule has 0 saturated carbocycles. The van der Waals surface area contributed by atoms with E-state index in [1.54, 1.807) is 68.7 Å². The molecule has 0 heterocycles. The van der Waals surface area contributed by atoms with E-state index in [2.05, 4.69) is 5.32 Å². The maximum atomic E-state index is 13.0. The van der Waals surface area contributed by atoms with Crippen LogP contribution in [0.2, 0.25) is 0 Å². The Kier molecular flexibility index (Phi) is 9.25. The normalized spacial score (nSPS) is 10.5. The van der Waals surface area contributed by atoms with Crippen molar-refractivity contribution >= 4 is 39.4 Å². The van der Waals surface area contributed by atoms with Crippen LogP contribution in [0, 0.1) is 5.41 Å². The van der Waals surface area contributed by atoms with Crippen LogP contribution >= 0.6 is 0 Å². The molecule has 0 aliphatic rings. The Bertz CT molecular complexity index is 1440. The minimum Gasteiger partial charge on any atom is -0.478 e. The van der Waals surface area contributed by atoms with Crippen LogP contribution in [0.1, 0.15) is 36.6 Å². The monoisotopic (exact) mass is 526 g/mol. The second-order valence-electron chi connectivity index (χ2n) is 7.99. The van der Waals surface area contributed by atoms with Crippen molar-refractivity contribution in [3.63, 3.8) is 0 Å². The van der Waals surface area contributed by atoms with Crippen LogP contribution in [0.25, 0.3) is 11.1 Å². The number of hydrogen-bond acceptors (Lipinski definition) is 6. The highest BCUT2D eigenvalue weighted by molar-refractivity contribution is 7.85. The zero-order valence-corrected chi connectivity index (χ0v) is 21.0. The van der Waals surface area contributed by atoms with Crippen LogP contribution in [-0.4, -0.2) is 66.9 Å². The molecule has 3 rings (SSSR count). The molecule has 6 N–H and O–H groups in total. The van der Waals surface area contributed by atoms with E-state index in [0.29, 0.717) is 28.6 Å². The zero-order valence-electron chi connectivity index (χ0n) is 20.2. The number of nitrogens with zero attached hydrogens (tertiary/aromatic N) is 1. The predicted octanol–water partition coefficient (Wildman–Crippen LogP) is 2.79. The van der Waals surface area contributed by atoms with Gasteiger partial charge in [0.25, 0.3) is 21.9 Å². The van der Waals surface area contributed by atoms with Gasteiger partial charge in [-0.15, -0.1) is 0 Å². The van der Waals surface area contributed by atoms with Crippen molar-refractivity contribution in [2.45, 2.75) is 0 Å². The molecule has 0 aromatic heterocycles. The number of amides is 2. The molecule has 0 unspecified atom stereocenters. The molecule has 0 spiro atoms. The lowest BCUT2D eigenvalue weighted by atomic mass is 9.93. The summed E-state index contributed by atoms with van der Waals surface area (Å²) >= 11 is 0. The van der Waals surface area contributed by atoms with Gasteiger partial charge in [0.2, 0.25) is 0 Å². The molecule has 0 aliphatic heterocycles. The van der Waals surface area contributed by atoms with Crippen molar-refractivity contribution in [1.29, 1.82) is 5.41 Å². The van der Waals surface area contributed by atoms with Crippen LogP contribution in [0.4, 0.5) is 5.69 Å². The summed E-state index contributed by atoms with van der Waals surface area (Å²) < 4.78 is 25.9. The summed E-state index contributed by atoms with van der Waals surface area (Å²) in [6, 6.07) is 17.5. The third-order valence-electron chi connectivity index (χ3n) is 4.82. The number of nitrogen functional groups attached to an aromatic ring is 1. The van der Waals surface area contributed by atoms with Gasteiger partial charge in [-0.1, -0.05) is 24.3 Å². The number of amidine groups is 1. The van der Waals surface area contributed by atoms with Crippen LogP contribution in [-0.2, 0) is 10.1 Å². The van der Waals surface area contributed by atoms with Gasteiger partial charge in [-0.2, -0.15) is 8.42 Å². The predicted molar refractivity (Wildman–Crippen MR) is 140 cm³/mol. The molecule has 12 heteroatoms. The van der Waals surface area contributed by atoms with E-state index in [-0.39, 0.29) is 28.4 Å². The number of aromatic carboxylic acids is 1. The Morgan fingerprint density at radius 2 is 1.41 bits per heavy atom. The molecule has 0 aliphatic carbocycles. The van der Waals surface area contributed by atoms with Gasteiger partial charge in [0.15, 0.2) is 0 Å². The maximum Gasteiger partial charge on any atom is 0.336 e. The Hall–Kier alpha value is -4.55. The fraction of sp³-hybridized carbons (Fsp3) is 0.120. The number of nitrogens with two attached hydrogens (primary N) is 1. The summed E-state index contributed by atoms with van der Waals surface area (Å²) in [6.07, 6.45) is 0.715. The van der Waals surface area contributed by atoms with Crippen molar-refractivity contribution in [2.75, 3.05) is 25.7 Å². The highest BCUT2D eigenvalue weighted by Crippen LogP contribution is 2.29. The summed E-state index contributed by atoms with van der Waals surface area (Å²) in [5, 5.41) is 20.0. The molecule has 0 bridgehead atoms. The van der Waals surface area contributed by atoms with Gasteiger partial charge < -0.3 is 21.1 Å². The fourth-order valence-electron chi connectivity index (χ4n) is 3.19. The van der Waals surface area contributed by atoms with Crippen LogP contribution in [0.3, 0.4) is 0 Å². The third-order valence-corrected chi connectivity index (χ3v) is 4.82. The Labute approximate surface area is 213 Å². The van der Waals surface area contributed by atoms with Crippen molar-refractivity contribution in [2.24, 2.45) is 5.73 Å². The molecule has 3 aromatic carbocycles. The Balaban J connectivity index is 0.000000877. The van der Waals surface area contributed by atoms with E-state index in [4.69, 9.17) is 15.7 Å². The minimum atomic E-state index is -3.67. The van der Waals surface area contributed by atoms with E-state index in [1.807, 2.05) is 0 Å². The quantitative estimate of drug-likeness (QED) is 0.184. The molecule has 0 saturated heterocycles. The molecular weight excluding hydrogens is 500 g/mol. The van der Waals surface area contributed by atoms with Gasteiger partial charge in [0, 0.05) is 36.5 Å². The second kappa shape index (κ2) is 11.9. The summed E-state index contributed by atoms with van der Waals surface area (Å²) in [5.74, 6) is -2.03. The number of nitrogens with one attached hydrogen (secondary N) is 2. The first-order valence-electron chi connectivity index (χ1n) is 10.6. The Morgan fingerprint density at radius 3 is 1.92 bits per heavy atom. The van der Waals surface area contributed by atoms with Crippen LogP contribution in [0.5, 0.6) is 0 Å². The number of anilines is 1.